The summed E-state index contributed by atoms with van der Waals surface area (Å²) in [7, 11) is -8.00. The molecule has 0 amide bonds. The fourth-order valence-corrected chi connectivity index (χ4v) is 5.09. The average molecular weight is 385 g/mol. The first-order chi connectivity index (χ1) is 9.78. The predicted octanol–water partition coefficient (Wildman–Crippen LogP) is 3.06. The Morgan fingerprint density at radius 1 is 1.32 bits per heavy atom. The van der Waals surface area contributed by atoms with Gasteiger partial charge in [0.1, 0.15) is 16.2 Å². The number of sulfonamides is 1. The van der Waals surface area contributed by atoms with Crippen LogP contribution in [0, 0.1) is 0 Å². The first-order valence-electron chi connectivity index (χ1n) is 5.59. The van der Waals surface area contributed by atoms with E-state index in [-0.39, 0.29) is 16.1 Å². The van der Waals surface area contributed by atoms with E-state index in [2.05, 4.69) is 0 Å². The Balaban J connectivity index is 0.00000242. The van der Waals surface area contributed by atoms with Gasteiger partial charge in [0.2, 0.25) is 0 Å². The molecule has 0 spiro atoms. The van der Waals surface area contributed by atoms with Gasteiger partial charge in [-0.2, -0.15) is 4.72 Å². The fraction of sp³-hybridized carbons (Fsp3) is 0.0909. The number of benzene rings is 1. The van der Waals surface area contributed by atoms with Gasteiger partial charge in [-0.3, -0.25) is 0 Å². The fourth-order valence-electron chi connectivity index (χ4n) is 1.37. The van der Waals surface area contributed by atoms with Gasteiger partial charge in [-0.05, 0) is 29.6 Å². The molecule has 1 unspecified atom stereocenters. The number of nitrogens with one attached hydrogen (secondary N) is 1. The minimum absolute atomic E-state index is 0. The van der Waals surface area contributed by atoms with Crippen LogP contribution in [0.1, 0.15) is 0 Å². The van der Waals surface area contributed by atoms with Crippen LogP contribution in [0.3, 0.4) is 0 Å². The number of hydrogen-bond donors (Lipinski definition) is 3. The molecule has 5 N–H and O–H groups in total. The quantitative estimate of drug-likeness (QED) is 0.656. The molecule has 2 rings (SSSR count). The predicted molar refractivity (Wildman–Crippen MR) is 86.4 cm³/mol. The summed E-state index contributed by atoms with van der Waals surface area (Å²) in [4.78, 5) is 9.69. The molecule has 0 saturated heterocycles. The molecule has 2 aromatic rings. The van der Waals surface area contributed by atoms with Gasteiger partial charge >= 0.3 is 7.60 Å². The number of rotatable bonds is 6. The maximum Gasteiger partial charge on any atom is 0.391 e. The summed E-state index contributed by atoms with van der Waals surface area (Å²) in [5.74, 6) is 0.0867. The Bertz CT molecular complexity index is 767. The Kier molecular flexibility index (Phi) is 6.57. The van der Waals surface area contributed by atoms with Crippen LogP contribution >= 0.6 is 30.5 Å². The lowest BCUT2D eigenvalue weighted by molar-refractivity contribution is 0.378. The van der Waals surface area contributed by atoms with Crippen molar-refractivity contribution in [2.24, 2.45) is 0 Å². The van der Waals surface area contributed by atoms with Crippen molar-refractivity contribution >= 4 is 40.6 Å². The number of thiophene rings is 1. The zero-order valence-corrected chi connectivity index (χ0v) is 14.5. The summed E-state index contributed by atoms with van der Waals surface area (Å²) in [6.45, 7) is 0. The lowest BCUT2D eigenvalue weighted by Crippen LogP contribution is -2.25. The van der Waals surface area contributed by atoms with E-state index in [0.717, 1.165) is 11.3 Å². The smallest absolute Gasteiger partial charge is 0.391 e. The van der Waals surface area contributed by atoms with E-state index in [9.17, 15) is 17.9 Å². The topological polar surface area (TPSA) is 128 Å². The van der Waals surface area contributed by atoms with Gasteiger partial charge < -0.3 is 15.6 Å². The molecule has 0 saturated carbocycles. The van der Waals surface area contributed by atoms with Crippen molar-refractivity contribution in [3.8, 4) is 5.75 Å². The number of hydrogen-bond acceptors (Lipinski definition) is 6. The lowest BCUT2D eigenvalue weighted by Gasteiger charge is -2.14. The highest BCUT2D eigenvalue weighted by Gasteiger charge is 2.25. The van der Waals surface area contributed by atoms with Crippen LogP contribution < -0.4 is 15.4 Å². The standard InChI is InChI=1S/C11H11ClNO5PS2.H3N/c12-9-3-1-4-10(7-9)18-19(14,15)8-13-21(16,17)11-5-2-6-20-11;/h1-7,13H,8H2,(H,14,15);1H3. The highest BCUT2D eigenvalue weighted by atomic mass is 35.5. The first-order valence-corrected chi connectivity index (χ1v) is 10.1. The molecule has 0 aliphatic carbocycles. The normalized spacial score (nSPS) is 13.9. The lowest BCUT2D eigenvalue weighted by atomic mass is 10.3. The van der Waals surface area contributed by atoms with Crippen LogP contribution in [0.2, 0.25) is 5.02 Å². The zero-order valence-electron chi connectivity index (χ0n) is 11.2. The molecule has 0 fully saturated rings. The van der Waals surface area contributed by atoms with Crippen molar-refractivity contribution in [3.05, 3.63) is 46.8 Å². The van der Waals surface area contributed by atoms with Crippen molar-refractivity contribution in [3.63, 3.8) is 0 Å². The first kappa shape index (κ1) is 19.1. The van der Waals surface area contributed by atoms with Crippen LogP contribution in [0.25, 0.3) is 0 Å². The highest BCUT2D eigenvalue weighted by Crippen LogP contribution is 2.42. The number of halogens is 1. The molecule has 1 aromatic heterocycles. The summed E-state index contributed by atoms with van der Waals surface area (Å²) in [6, 6.07) is 8.90. The molecule has 7 nitrogen and oxygen atoms in total. The summed E-state index contributed by atoms with van der Waals surface area (Å²) in [6.07, 6.45) is -0.736. The van der Waals surface area contributed by atoms with E-state index < -0.39 is 23.9 Å². The molecule has 1 atom stereocenters. The van der Waals surface area contributed by atoms with Gasteiger partial charge in [0.15, 0.2) is 0 Å². The van der Waals surface area contributed by atoms with Crippen LogP contribution in [-0.2, 0) is 14.6 Å². The Morgan fingerprint density at radius 3 is 2.64 bits per heavy atom. The van der Waals surface area contributed by atoms with Gasteiger partial charge in [0.25, 0.3) is 10.0 Å². The molecule has 0 aliphatic rings. The summed E-state index contributed by atoms with van der Waals surface area (Å²) < 4.78 is 42.6. The van der Waals surface area contributed by atoms with E-state index in [0.29, 0.717) is 5.02 Å². The van der Waals surface area contributed by atoms with Crippen molar-refractivity contribution < 1.29 is 22.4 Å². The minimum Gasteiger partial charge on any atom is -0.424 e. The molecular formula is C11H14ClN2O5PS2. The molecule has 11 heteroatoms. The third-order valence-corrected chi connectivity index (χ3v) is 6.56. The van der Waals surface area contributed by atoms with Gasteiger partial charge in [-0.15, -0.1) is 11.3 Å². The van der Waals surface area contributed by atoms with E-state index >= 15 is 0 Å². The van der Waals surface area contributed by atoms with Crippen molar-refractivity contribution in [2.75, 3.05) is 6.29 Å². The van der Waals surface area contributed by atoms with Crippen molar-refractivity contribution in [1.29, 1.82) is 0 Å². The van der Waals surface area contributed by atoms with E-state index in [1.54, 1.807) is 23.6 Å². The van der Waals surface area contributed by atoms with Crippen molar-refractivity contribution in [1.82, 2.24) is 10.9 Å². The molecule has 1 aromatic carbocycles. The van der Waals surface area contributed by atoms with Crippen molar-refractivity contribution in [2.45, 2.75) is 4.21 Å². The van der Waals surface area contributed by atoms with Gasteiger partial charge in [-0.25, -0.2) is 13.0 Å². The van der Waals surface area contributed by atoms with Crippen LogP contribution in [0.15, 0.2) is 46.0 Å². The average Bonchev–Trinajstić information content (AvgIpc) is 2.91. The Labute approximate surface area is 137 Å². The molecule has 0 radical (unpaired) electrons. The summed E-state index contributed by atoms with van der Waals surface area (Å²) >= 11 is 6.74. The van der Waals surface area contributed by atoms with Crippen LogP contribution in [0.4, 0.5) is 0 Å². The maximum absolute atomic E-state index is 11.9. The molecule has 22 heavy (non-hydrogen) atoms. The molecule has 122 valence electrons. The van der Waals surface area contributed by atoms with E-state index in [1.165, 1.54) is 18.2 Å². The largest absolute Gasteiger partial charge is 0.424 e. The van der Waals surface area contributed by atoms with Crippen LogP contribution in [-0.4, -0.2) is 19.6 Å². The molecule has 0 bridgehead atoms. The van der Waals surface area contributed by atoms with Gasteiger partial charge in [0.05, 0.1) is 0 Å². The van der Waals surface area contributed by atoms with Crippen LogP contribution in [0.5, 0.6) is 5.75 Å². The summed E-state index contributed by atoms with van der Waals surface area (Å²) in [5.41, 5.74) is 0. The Hall–Kier alpha value is -0.930. The van der Waals surface area contributed by atoms with Gasteiger partial charge in [-0.1, -0.05) is 23.7 Å². The molecule has 0 aliphatic heterocycles. The monoisotopic (exact) mass is 384 g/mol. The highest BCUT2D eigenvalue weighted by molar-refractivity contribution is 7.91. The molecular weight excluding hydrogens is 371 g/mol. The second-order valence-corrected chi connectivity index (χ2v) is 9.08. The summed E-state index contributed by atoms with van der Waals surface area (Å²) in [5, 5.41) is 1.93. The van der Waals surface area contributed by atoms with E-state index in [1.807, 2.05) is 4.72 Å². The second kappa shape index (κ2) is 7.56. The second-order valence-electron chi connectivity index (χ2n) is 3.92. The SMILES string of the molecule is N.O=P(O)(CNS(=O)(=O)c1cccs1)Oc1cccc(Cl)c1. The minimum atomic E-state index is -4.18. The zero-order chi connectivity index (χ0) is 15.5. The third-order valence-electron chi connectivity index (χ3n) is 2.26. The maximum atomic E-state index is 11.9. The van der Waals surface area contributed by atoms with E-state index in [4.69, 9.17) is 16.1 Å². The third kappa shape index (κ3) is 5.36. The van der Waals surface area contributed by atoms with Gasteiger partial charge in [0, 0.05) is 5.02 Å². The Morgan fingerprint density at radius 2 is 2.05 bits per heavy atom. The molecule has 1 heterocycles.